The van der Waals surface area contributed by atoms with Crippen LogP contribution in [0.4, 0.5) is 0 Å². The Bertz CT molecular complexity index is 239. The molecule has 1 spiro atoms. The average molecular weight is 222 g/mol. The molecule has 0 radical (unpaired) electrons. The van der Waals surface area contributed by atoms with E-state index in [2.05, 4.69) is 17.3 Å². The predicted molar refractivity (Wildman–Crippen MR) is 67.5 cm³/mol. The molecule has 0 bridgehead atoms. The van der Waals surface area contributed by atoms with Crippen LogP contribution in [0.3, 0.4) is 0 Å². The molecule has 2 unspecified atom stereocenters. The van der Waals surface area contributed by atoms with Gasteiger partial charge in [-0.25, -0.2) is 0 Å². The molecule has 16 heavy (non-hydrogen) atoms. The van der Waals surface area contributed by atoms with E-state index in [1.54, 1.807) is 0 Å². The number of nitrogens with one attached hydrogen (secondary N) is 1. The third kappa shape index (κ3) is 2.02. The Balaban J connectivity index is 1.70. The fraction of sp³-hybridized carbons (Fsp3) is 1.00. The van der Waals surface area contributed by atoms with Gasteiger partial charge >= 0.3 is 0 Å². The molecular formula is C14H26N2. The highest BCUT2D eigenvalue weighted by Gasteiger charge is 2.42. The van der Waals surface area contributed by atoms with E-state index in [4.69, 9.17) is 0 Å². The Morgan fingerprint density at radius 3 is 2.69 bits per heavy atom. The summed E-state index contributed by atoms with van der Waals surface area (Å²) in [6.45, 7) is 5.28. The largest absolute Gasteiger partial charge is 0.316 e. The van der Waals surface area contributed by atoms with Gasteiger partial charge in [-0.3, -0.25) is 0 Å². The van der Waals surface area contributed by atoms with Crippen LogP contribution in [-0.2, 0) is 0 Å². The van der Waals surface area contributed by atoms with Crippen molar-refractivity contribution in [1.29, 1.82) is 0 Å². The van der Waals surface area contributed by atoms with Gasteiger partial charge < -0.3 is 10.2 Å². The van der Waals surface area contributed by atoms with Crippen LogP contribution in [0.1, 0.15) is 38.5 Å². The van der Waals surface area contributed by atoms with Crippen molar-refractivity contribution in [2.45, 2.75) is 38.5 Å². The predicted octanol–water partition coefficient (Wildman–Crippen LogP) is 2.11. The zero-order chi connectivity index (χ0) is 11.0. The Morgan fingerprint density at radius 1 is 1.19 bits per heavy atom. The van der Waals surface area contributed by atoms with Gasteiger partial charge in [0.25, 0.3) is 0 Å². The molecule has 1 aliphatic carbocycles. The van der Waals surface area contributed by atoms with Gasteiger partial charge in [0.2, 0.25) is 0 Å². The van der Waals surface area contributed by atoms with Gasteiger partial charge in [0, 0.05) is 13.1 Å². The summed E-state index contributed by atoms with van der Waals surface area (Å²) in [5.41, 5.74) is 0.722. The summed E-state index contributed by atoms with van der Waals surface area (Å²) in [5.74, 6) is 1.95. The first-order valence-corrected chi connectivity index (χ1v) is 7.17. The first-order chi connectivity index (χ1) is 7.77. The molecule has 0 amide bonds. The molecule has 0 aromatic rings. The van der Waals surface area contributed by atoms with Crippen LogP contribution in [0.5, 0.6) is 0 Å². The van der Waals surface area contributed by atoms with Crippen molar-refractivity contribution >= 4 is 0 Å². The van der Waals surface area contributed by atoms with E-state index < -0.39 is 0 Å². The van der Waals surface area contributed by atoms with Crippen molar-refractivity contribution < 1.29 is 0 Å². The monoisotopic (exact) mass is 222 g/mol. The summed E-state index contributed by atoms with van der Waals surface area (Å²) in [5, 5.41) is 3.54. The standard InChI is InChI=1S/C14H26N2/c1-16-10-13(12-4-7-15-9-12)8-14(11-16)5-2-3-6-14/h12-13,15H,2-11H2,1H3. The Morgan fingerprint density at radius 2 is 2.00 bits per heavy atom. The SMILES string of the molecule is CN1CC(C2CCNC2)CC2(CCCC2)C1. The molecular weight excluding hydrogens is 196 g/mol. The third-order valence-corrected chi connectivity index (χ3v) is 5.28. The third-order valence-electron chi connectivity index (χ3n) is 5.28. The van der Waals surface area contributed by atoms with E-state index in [0.29, 0.717) is 0 Å². The van der Waals surface area contributed by atoms with E-state index >= 15 is 0 Å². The van der Waals surface area contributed by atoms with E-state index in [9.17, 15) is 0 Å². The number of rotatable bonds is 1. The van der Waals surface area contributed by atoms with Crippen LogP contribution >= 0.6 is 0 Å². The minimum absolute atomic E-state index is 0.722. The highest BCUT2D eigenvalue weighted by Crippen LogP contribution is 2.48. The van der Waals surface area contributed by atoms with Crippen molar-refractivity contribution in [3.63, 3.8) is 0 Å². The summed E-state index contributed by atoms with van der Waals surface area (Å²) >= 11 is 0. The second-order valence-corrected chi connectivity index (χ2v) is 6.62. The number of hydrogen-bond acceptors (Lipinski definition) is 2. The van der Waals surface area contributed by atoms with Gasteiger partial charge in [0.15, 0.2) is 0 Å². The maximum atomic E-state index is 3.54. The molecule has 3 rings (SSSR count). The average Bonchev–Trinajstić information content (AvgIpc) is 2.87. The molecule has 2 saturated heterocycles. The number of nitrogens with zero attached hydrogens (tertiary/aromatic N) is 1. The van der Waals surface area contributed by atoms with Crippen LogP contribution in [0.2, 0.25) is 0 Å². The van der Waals surface area contributed by atoms with Crippen molar-refractivity contribution in [3.8, 4) is 0 Å². The summed E-state index contributed by atoms with van der Waals surface area (Å²) in [4.78, 5) is 2.62. The summed E-state index contributed by atoms with van der Waals surface area (Å²) in [6, 6.07) is 0. The smallest absolute Gasteiger partial charge is 0.00351 e. The van der Waals surface area contributed by atoms with Crippen LogP contribution in [-0.4, -0.2) is 38.1 Å². The molecule has 1 saturated carbocycles. The molecule has 2 heteroatoms. The van der Waals surface area contributed by atoms with E-state index in [1.165, 1.54) is 64.7 Å². The van der Waals surface area contributed by atoms with Crippen LogP contribution < -0.4 is 5.32 Å². The fourth-order valence-corrected chi connectivity index (χ4v) is 4.61. The topological polar surface area (TPSA) is 15.3 Å². The minimum Gasteiger partial charge on any atom is -0.316 e. The summed E-state index contributed by atoms with van der Waals surface area (Å²) in [7, 11) is 2.34. The Hall–Kier alpha value is -0.0800. The van der Waals surface area contributed by atoms with E-state index in [-0.39, 0.29) is 0 Å². The lowest BCUT2D eigenvalue weighted by atomic mass is 9.70. The first-order valence-electron chi connectivity index (χ1n) is 7.17. The lowest BCUT2D eigenvalue weighted by molar-refractivity contribution is 0.0471. The van der Waals surface area contributed by atoms with Crippen LogP contribution in [0.15, 0.2) is 0 Å². The molecule has 3 fully saturated rings. The zero-order valence-electron chi connectivity index (χ0n) is 10.7. The van der Waals surface area contributed by atoms with E-state index in [1.807, 2.05) is 0 Å². The highest BCUT2D eigenvalue weighted by atomic mass is 15.1. The molecule has 2 atom stereocenters. The Kier molecular flexibility index (Phi) is 2.97. The maximum absolute atomic E-state index is 3.54. The molecule has 1 N–H and O–H groups in total. The quantitative estimate of drug-likeness (QED) is 0.731. The zero-order valence-corrected chi connectivity index (χ0v) is 10.7. The maximum Gasteiger partial charge on any atom is 0.00351 e. The molecule has 2 heterocycles. The number of likely N-dealkylation sites (tertiary alicyclic amines) is 1. The van der Waals surface area contributed by atoms with E-state index in [0.717, 1.165) is 17.3 Å². The van der Waals surface area contributed by atoms with Gasteiger partial charge in [-0.05, 0) is 63.1 Å². The first kappa shape index (κ1) is 11.0. The van der Waals surface area contributed by atoms with Crippen LogP contribution in [0.25, 0.3) is 0 Å². The van der Waals surface area contributed by atoms with Crippen molar-refractivity contribution in [2.24, 2.45) is 17.3 Å². The molecule has 92 valence electrons. The van der Waals surface area contributed by atoms with Gasteiger partial charge in [0.05, 0.1) is 0 Å². The highest BCUT2D eigenvalue weighted by molar-refractivity contribution is 4.95. The number of hydrogen-bond donors (Lipinski definition) is 1. The second kappa shape index (κ2) is 4.30. The lowest BCUT2D eigenvalue weighted by Crippen LogP contribution is -2.46. The summed E-state index contributed by atoms with van der Waals surface area (Å²) < 4.78 is 0. The molecule has 0 aromatic heterocycles. The molecule has 2 aliphatic heterocycles. The summed E-state index contributed by atoms with van der Waals surface area (Å²) in [6.07, 6.45) is 8.95. The Labute approximate surface area is 99.8 Å². The van der Waals surface area contributed by atoms with Crippen LogP contribution in [0, 0.1) is 17.3 Å². The van der Waals surface area contributed by atoms with Crippen molar-refractivity contribution in [2.75, 3.05) is 33.2 Å². The van der Waals surface area contributed by atoms with Gasteiger partial charge in [-0.1, -0.05) is 12.8 Å². The minimum atomic E-state index is 0.722. The lowest BCUT2D eigenvalue weighted by Gasteiger charge is -2.45. The second-order valence-electron chi connectivity index (χ2n) is 6.62. The normalized spacial score (nSPS) is 39.6. The van der Waals surface area contributed by atoms with Gasteiger partial charge in [-0.15, -0.1) is 0 Å². The van der Waals surface area contributed by atoms with Gasteiger partial charge in [0.1, 0.15) is 0 Å². The van der Waals surface area contributed by atoms with Crippen molar-refractivity contribution in [3.05, 3.63) is 0 Å². The fourth-order valence-electron chi connectivity index (χ4n) is 4.61. The van der Waals surface area contributed by atoms with Gasteiger partial charge in [-0.2, -0.15) is 0 Å². The molecule has 0 aromatic carbocycles. The molecule has 2 nitrogen and oxygen atoms in total. The number of piperidine rings is 1. The van der Waals surface area contributed by atoms with Crippen molar-refractivity contribution in [1.82, 2.24) is 10.2 Å². The molecule has 3 aliphatic rings.